The van der Waals surface area contributed by atoms with E-state index in [-0.39, 0.29) is 11.3 Å². The van der Waals surface area contributed by atoms with E-state index in [2.05, 4.69) is 5.32 Å². The molecule has 1 N–H and O–H groups in total. The highest BCUT2D eigenvalue weighted by molar-refractivity contribution is 5.89. The summed E-state index contributed by atoms with van der Waals surface area (Å²) in [4.78, 5) is 20.3. The number of hydrogen-bond acceptors (Lipinski definition) is 3. The number of anilines is 1. The van der Waals surface area contributed by atoms with Crippen LogP contribution in [0.5, 0.6) is 0 Å². The van der Waals surface area contributed by atoms with Crippen LogP contribution in [0.4, 0.5) is 20.2 Å². The van der Waals surface area contributed by atoms with E-state index in [1.54, 1.807) is 0 Å². The molecule has 0 radical (unpaired) electrons. The minimum Gasteiger partial charge on any atom is -0.324 e. The van der Waals surface area contributed by atoms with Crippen LogP contribution in [0.3, 0.4) is 0 Å². The monoisotopic (exact) mass is 230 g/mol. The van der Waals surface area contributed by atoms with Crippen LogP contribution < -0.4 is 5.32 Å². The first kappa shape index (κ1) is 12.0. The van der Waals surface area contributed by atoms with Crippen molar-refractivity contribution in [1.29, 1.82) is 0 Å². The number of alkyl halides is 1. The summed E-state index contributed by atoms with van der Waals surface area (Å²) < 4.78 is 25.7. The van der Waals surface area contributed by atoms with Crippen LogP contribution in [0.25, 0.3) is 0 Å². The predicted molar refractivity (Wildman–Crippen MR) is 52.2 cm³/mol. The lowest BCUT2D eigenvalue weighted by Gasteiger charge is -2.06. The van der Waals surface area contributed by atoms with Crippen LogP contribution in [0.15, 0.2) is 12.1 Å². The molecule has 5 nitrogen and oxygen atoms in total. The minimum atomic E-state index is -1.11. The molecule has 0 fully saturated rings. The van der Waals surface area contributed by atoms with Crippen molar-refractivity contribution < 1.29 is 18.5 Å². The van der Waals surface area contributed by atoms with Gasteiger partial charge in [-0.2, -0.15) is 0 Å². The van der Waals surface area contributed by atoms with Crippen molar-refractivity contribution in [2.45, 2.75) is 13.6 Å². The first-order chi connectivity index (χ1) is 7.45. The Hall–Kier alpha value is -2.05. The number of nitro benzene ring substituents is 1. The van der Waals surface area contributed by atoms with Gasteiger partial charge in [-0.3, -0.25) is 14.9 Å². The number of nitrogens with zero attached hydrogens (tertiary/aromatic N) is 1. The third-order valence-corrected chi connectivity index (χ3v) is 1.82. The number of amides is 1. The zero-order chi connectivity index (χ0) is 12.3. The predicted octanol–water partition coefficient (Wildman–Crippen LogP) is 2.16. The molecule has 0 saturated heterocycles. The molecule has 0 aliphatic heterocycles. The topological polar surface area (TPSA) is 72.2 Å². The van der Waals surface area contributed by atoms with Gasteiger partial charge < -0.3 is 5.32 Å². The maximum atomic E-state index is 13.2. The maximum Gasteiger partial charge on any atom is 0.278 e. The normalized spacial score (nSPS) is 9.94. The van der Waals surface area contributed by atoms with Gasteiger partial charge in [-0.1, -0.05) is 0 Å². The number of nitrogens with one attached hydrogen (secondary N) is 1. The molecular weight excluding hydrogens is 222 g/mol. The molecule has 1 aromatic rings. The Morgan fingerprint density at radius 1 is 1.56 bits per heavy atom. The van der Waals surface area contributed by atoms with Crippen LogP contribution >= 0.6 is 0 Å². The molecule has 0 saturated carbocycles. The van der Waals surface area contributed by atoms with E-state index < -0.39 is 29.0 Å². The summed E-state index contributed by atoms with van der Waals surface area (Å²) in [7, 11) is 0. The average molecular weight is 230 g/mol. The maximum absolute atomic E-state index is 13.2. The number of carbonyl (C=O) groups excluding carboxylic acids is 1. The van der Waals surface area contributed by atoms with E-state index in [0.29, 0.717) is 6.07 Å². The van der Waals surface area contributed by atoms with E-state index in [1.807, 2.05) is 0 Å². The van der Waals surface area contributed by atoms with E-state index in [4.69, 9.17) is 0 Å². The number of nitro groups is 1. The van der Waals surface area contributed by atoms with Crippen molar-refractivity contribution in [2.24, 2.45) is 0 Å². The Bertz CT molecular complexity index is 449. The lowest BCUT2D eigenvalue weighted by Crippen LogP contribution is -2.08. The second-order valence-corrected chi connectivity index (χ2v) is 3.03. The van der Waals surface area contributed by atoms with Gasteiger partial charge in [0.25, 0.3) is 5.69 Å². The molecule has 0 unspecified atom stereocenters. The summed E-state index contributed by atoms with van der Waals surface area (Å²) in [5, 5.41) is 12.6. The van der Waals surface area contributed by atoms with Gasteiger partial charge in [-0.05, 0) is 6.07 Å². The molecule has 0 bridgehead atoms. The fourth-order valence-corrected chi connectivity index (χ4v) is 1.17. The lowest BCUT2D eigenvalue weighted by atomic mass is 10.1. The Morgan fingerprint density at radius 2 is 2.19 bits per heavy atom. The summed E-state index contributed by atoms with van der Waals surface area (Å²) in [6, 6.07) is 1.50. The Kier molecular flexibility index (Phi) is 3.49. The largest absolute Gasteiger partial charge is 0.324 e. The molecule has 1 rings (SSSR count). The summed E-state index contributed by atoms with van der Waals surface area (Å²) in [5.74, 6) is -1.52. The second kappa shape index (κ2) is 4.65. The molecule has 0 heterocycles. The molecule has 0 spiro atoms. The number of benzene rings is 1. The molecular formula is C9H8F2N2O3. The molecule has 86 valence electrons. The fourth-order valence-electron chi connectivity index (χ4n) is 1.17. The van der Waals surface area contributed by atoms with E-state index in [1.165, 1.54) is 0 Å². The lowest BCUT2D eigenvalue weighted by molar-refractivity contribution is -0.385. The SMILES string of the molecule is CC(=O)Nc1cc(CF)c([N+](=O)[O-])cc1F. The number of carbonyl (C=O) groups is 1. The highest BCUT2D eigenvalue weighted by Crippen LogP contribution is 2.26. The van der Waals surface area contributed by atoms with Gasteiger partial charge in [-0.15, -0.1) is 0 Å². The third-order valence-electron chi connectivity index (χ3n) is 1.82. The van der Waals surface area contributed by atoms with E-state index in [0.717, 1.165) is 13.0 Å². The van der Waals surface area contributed by atoms with Gasteiger partial charge in [0.15, 0.2) is 5.82 Å². The highest BCUT2D eigenvalue weighted by atomic mass is 19.1. The fraction of sp³-hybridized carbons (Fsp3) is 0.222. The second-order valence-electron chi connectivity index (χ2n) is 3.03. The van der Waals surface area contributed by atoms with Crippen LogP contribution in [0.1, 0.15) is 12.5 Å². The zero-order valence-corrected chi connectivity index (χ0v) is 8.29. The van der Waals surface area contributed by atoms with Crippen LogP contribution in [-0.4, -0.2) is 10.8 Å². The van der Waals surface area contributed by atoms with Gasteiger partial charge in [0, 0.05) is 6.92 Å². The molecule has 0 aliphatic rings. The summed E-state index contributed by atoms with van der Waals surface area (Å²) in [6.45, 7) is 0.0408. The number of halogens is 2. The smallest absolute Gasteiger partial charge is 0.278 e. The first-order valence-electron chi connectivity index (χ1n) is 4.26. The average Bonchev–Trinajstić information content (AvgIpc) is 2.19. The molecule has 16 heavy (non-hydrogen) atoms. The summed E-state index contributed by atoms with van der Waals surface area (Å²) in [5.41, 5.74) is -1.20. The van der Waals surface area contributed by atoms with Crippen molar-refractivity contribution in [3.05, 3.63) is 33.6 Å². The van der Waals surface area contributed by atoms with Crippen LogP contribution in [-0.2, 0) is 11.5 Å². The first-order valence-corrected chi connectivity index (χ1v) is 4.26. The summed E-state index contributed by atoms with van der Waals surface area (Å²) in [6.07, 6.45) is 0. The van der Waals surface area contributed by atoms with Gasteiger partial charge in [-0.25, -0.2) is 8.78 Å². The summed E-state index contributed by atoms with van der Waals surface area (Å²) >= 11 is 0. The van der Waals surface area contributed by atoms with Crippen LogP contribution in [0, 0.1) is 15.9 Å². The molecule has 0 aliphatic carbocycles. The molecule has 1 amide bonds. The minimum absolute atomic E-state index is 0.272. The van der Waals surface area contributed by atoms with Crippen molar-refractivity contribution in [2.75, 3.05) is 5.32 Å². The Balaban J connectivity index is 3.25. The van der Waals surface area contributed by atoms with Crippen LogP contribution in [0.2, 0.25) is 0 Å². The Morgan fingerprint density at radius 3 is 2.62 bits per heavy atom. The number of hydrogen-bond donors (Lipinski definition) is 1. The van der Waals surface area contributed by atoms with Crippen molar-refractivity contribution in [3.63, 3.8) is 0 Å². The highest BCUT2D eigenvalue weighted by Gasteiger charge is 2.18. The van der Waals surface area contributed by atoms with Gasteiger partial charge in [0.1, 0.15) is 6.67 Å². The van der Waals surface area contributed by atoms with Crippen molar-refractivity contribution >= 4 is 17.3 Å². The third kappa shape index (κ3) is 2.50. The Labute approximate surface area is 89.2 Å². The molecule has 1 aromatic carbocycles. The zero-order valence-electron chi connectivity index (χ0n) is 8.29. The van der Waals surface area contributed by atoms with Crippen molar-refractivity contribution in [3.8, 4) is 0 Å². The molecule has 0 atom stereocenters. The standard InChI is InChI=1S/C9H8F2N2O3/c1-5(14)12-8-2-6(4-10)9(13(15)16)3-7(8)11/h2-3H,4H2,1H3,(H,12,14). The van der Waals surface area contributed by atoms with Gasteiger partial charge >= 0.3 is 0 Å². The van der Waals surface area contributed by atoms with Gasteiger partial charge in [0.2, 0.25) is 5.91 Å². The molecule has 0 aromatic heterocycles. The molecule has 7 heteroatoms. The van der Waals surface area contributed by atoms with Crippen molar-refractivity contribution in [1.82, 2.24) is 0 Å². The number of rotatable bonds is 3. The van der Waals surface area contributed by atoms with E-state index in [9.17, 15) is 23.7 Å². The van der Waals surface area contributed by atoms with E-state index >= 15 is 0 Å². The van der Waals surface area contributed by atoms with Gasteiger partial charge in [0.05, 0.1) is 22.2 Å². The quantitative estimate of drug-likeness (QED) is 0.638.